The molecule has 0 radical (unpaired) electrons. The lowest BCUT2D eigenvalue weighted by Gasteiger charge is -2.17. The van der Waals surface area contributed by atoms with Gasteiger partial charge in [-0.05, 0) is 72.0 Å². The van der Waals surface area contributed by atoms with E-state index >= 15 is 0 Å². The maximum Gasteiger partial charge on any atom is 0.417 e. The second kappa shape index (κ2) is 8.26. The number of hydrogen-bond acceptors (Lipinski definition) is 5. The number of benzene rings is 3. The number of halogens is 3. The van der Waals surface area contributed by atoms with Crippen molar-refractivity contribution in [1.29, 1.82) is 0 Å². The maximum atomic E-state index is 14.0. The predicted molar refractivity (Wildman–Crippen MR) is 130 cm³/mol. The van der Waals surface area contributed by atoms with E-state index in [4.69, 9.17) is 0 Å². The van der Waals surface area contributed by atoms with E-state index in [9.17, 15) is 31.2 Å². The fourth-order valence-corrected chi connectivity index (χ4v) is 5.62. The smallest absolute Gasteiger partial charge is 0.384 e. The number of alkyl halides is 3. The Morgan fingerprint density at radius 1 is 0.917 bits per heavy atom. The minimum absolute atomic E-state index is 0.0583. The molecule has 0 bridgehead atoms. The molecule has 186 valence electrons. The third-order valence-corrected chi connectivity index (χ3v) is 7.53. The largest absolute Gasteiger partial charge is 0.417 e. The first kappa shape index (κ1) is 23.7. The van der Waals surface area contributed by atoms with Crippen LogP contribution in [0.5, 0.6) is 0 Å². The fraction of sp³-hybridized carbons (Fsp3) is 0.167. The van der Waals surface area contributed by atoms with Gasteiger partial charge in [-0.2, -0.15) is 13.2 Å². The van der Waals surface area contributed by atoms with Crippen LogP contribution < -0.4 is 21.2 Å². The van der Waals surface area contributed by atoms with Gasteiger partial charge in [0.25, 0.3) is 10.0 Å². The van der Waals surface area contributed by atoms with Crippen LogP contribution in [0.1, 0.15) is 16.7 Å². The number of aryl methyl sites for hydroxylation is 1. The second-order valence-corrected chi connectivity index (χ2v) is 10.1. The molecule has 4 aromatic rings. The molecule has 0 saturated carbocycles. The Balaban J connectivity index is 1.55. The van der Waals surface area contributed by atoms with E-state index < -0.39 is 32.9 Å². The monoisotopic (exact) mass is 516 g/mol. The number of nitrogens with one attached hydrogen (secondary N) is 4. The van der Waals surface area contributed by atoms with E-state index in [0.29, 0.717) is 18.5 Å². The minimum atomic E-state index is -4.74. The first-order chi connectivity index (χ1) is 16.9. The molecule has 0 aliphatic carbocycles. The highest BCUT2D eigenvalue weighted by Crippen LogP contribution is 2.40. The summed E-state index contributed by atoms with van der Waals surface area (Å²) < 4.78 is 70.4. The first-order valence-corrected chi connectivity index (χ1v) is 12.3. The third-order valence-electron chi connectivity index (χ3n) is 6.01. The number of hydrogen-bond donors (Lipinski definition) is 4. The molecule has 3 aromatic carbocycles. The molecular weight excluding hydrogens is 497 g/mol. The molecule has 1 aliphatic rings. The van der Waals surface area contributed by atoms with Gasteiger partial charge in [-0.1, -0.05) is 12.1 Å². The predicted octanol–water partition coefficient (Wildman–Crippen LogP) is 3.98. The van der Waals surface area contributed by atoms with Crippen molar-refractivity contribution in [2.75, 3.05) is 16.6 Å². The van der Waals surface area contributed by atoms with Crippen LogP contribution >= 0.6 is 0 Å². The summed E-state index contributed by atoms with van der Waals surface area (Å²) in [7, 11) is -4.35. The summed E-state index contributed by atoms with van der Waals surface area (Å²) in [6.45, 7) is 2.17. The summed E-state index contributed by atoms with van der Waals surface area (Å²) >= 11 is 0. The summed E-state index contributed by atoms with van der Waals surface area (Å²) in [6.07, 6.45) is -4.04. The molecule has 0 saturated heterocycles. The molecule has 1 aliphatic heterocycles. The van der Waals surface area contributed by atoms with Crippen LogP contribution in [0.15, 0.2) is 63.0 Å². The SMILES string of the molecule is Cc1cc2[nH]c(=O)c(=O)[nH]c2cc1S(=O)(=O)Nc1ccc(-c2ccc3c(c2)CCN3)c(C(F)(F)F)c1. The Labute approximate surface area is 202 Å². The van der Waals surface area contributed by atoms with Gasteiger partial charge in [0, 0.05) is 17.9 Å². The highest BCUT2D eigenvalue weighted by Gasteiger charge is 2.34. The van der Waals surface area contributed by atoms with Crippen molar-refractivity contribution >= 4 is 32.4 Å². The van der Waals surface area contributed by atoms with E-state index in [0.717, 1.165) is 23.4 Å². The van der Waals surface area contributed by atoms with E-state index in [1.54, 1.807) is 18.2 Å². The van der Waals surface area contributed by atoms with Crippen molar-refractivity contribution in [3.63, 3.8) is 0 Å². The van der Waals surface area contributed by atoms with Crippen LogP contribution in [0.4, 0.5) is 24.5 Å². The van der Waals surface area contributed by atoms with Gasteiger partial charge in [0.1, 0.15) is 0 Å². The quantitative estimate of drug-likeness (QED) is 0.306. The van der Waals surface area contributed by atoms with E-state index in [-0.39, 0.29) is 32.7 Å². The lowest BCUT2D eigenvalue weighted by molar-refractivity contribution is -0.137. The normalized spacial score (nSPS) is 13.4. The standard InChI is InChI=1S/C24H19F3N4O4S/c1-12-8-19-20(30-23(33)22(32)29-19)11-21(12)36(34,35)31-15-3-4-16(17(10-15)24(25,26)27)13-2-5-18-14(9-13)6-7-28-18/h2-5,8-11,28,31H,6-7H2,1H3,(H,29,32)(H,30,33). The van der Waals surface area contributed by atoms with Crippen LogP contribution in [0.3, 0.4) is 0 Å². The molecule has 0 fully saturated rings. The number of rotatable bonds is 4. The van der Waals surface area contributed by atoms with E-state index in [1.165, 1.54) is 25.1 Å². The first-order valence-electron chi connectivity index (χ1n) is 10.8. The van der Waals surface area contributed by atoms with Gasteiger partial charge in [0.2, 0.25) is 0 Å². The van der Waals surface area contributed by atoms with Crippen molar-refractivity contribution in [2.24, 2.45) is 0 Å². The van der Waals surface area contributed by atoms with Gasteiger partial charge in [0.05, 0.1) is 21.5 Å². The maximum absolute atomic E-state index is 14.0. The highest BCUT2D eigenvalue weighted by molar-refractivity contribution is 7.92. The van der Waals surface area contributed by atoms with Crippen molar-refractivity contribution in [2.45, 2.75) is 24.4 Å². The number of H-pyrrole nitrogens is 2. The number of fused-ring (bicyclic) bond motifs is 2. The van der Waals surface area contributed by atoms with Crippen molar-refractivity contribution in [1.82, 2.24) is 9.97 Å². The highest BCUT2D eigenvalue weighted by atomic mass is 32.2. The van der Waals surface area contributed by atoms with Crippen molar-refractivity contribution in [3.8, 4) is 11.1 Å². The Morgan fingerprint density at radius 3 is 2.31 bits per heavy atom. The van der Waals surface area contributed by atoms with Crippen LogP contribution in [0.25, 0.3) is 22.2 Å². The van der Waals surface area contributed by atoms with Crippen LogP contribution in [-0.4, -0.2) is 24.9 Å². The van der Waals surface area contributed by atoms with Crippen LogP contribution in [-0.2, 0) is 22.6 Å². The Hall–Kier alpha value is -4.06. The minimum Gasteiger partial charge on any atom is -0.384 e. The average Bonchev–Trinajstić information content (AvgIpc) is 3.27. The third kappa shape index (κ3) is 4.24. The van der Waals surface area contributed by atoms with Crippen molar-refractivity contribution in [3.05, 3.63) is 85.9 Å². The topological polar surface area (TPSA) is 124 Å². The molecule has 4 N–H and O–H groups in total. The summed E-state index contributed by atoms with van der Waals surface area (Å²) in [5.74, 6) is 0. The Bertz CT molecular complexity index is 1760. The summed E-state index contributed by atoms with van der Waals surface area (Å²) in [4.78, 5) is 27.6. The number of sulfonamides is 1. The molecule has 0 unspecified atom stereocenters. The molecule has 8 nitrogen and oxygen atoms in total. The molecule has 0 spiro atoms. The van der Waals surface area contributed by atoms with Crippen LogP contribution in [0, 0.1) is 6.92 Å². The van der Waals surface area contributed by atoms with E-state index in [1.807, 2.05) is 0 Å². The zero-order valence-corrected chi connectivity index (χ0v) is 19.5. The molecule has 0 amide bonds. The lowest BCUT2D eigenvalue weighted by Crippen LogP contribution is -2.29. The Kier molecular flexibility index (Phi) is 5.43. The van der Waals surface area contributed by atoms with Crippen LogP contribution in [0.2, 0.25) is 0 Å². The molecule has 0 atom stereocenters. The summed E-state index contributed by atoms with van der Waals surface area (Å²) in [5.41, 5.74) is -0.514. The molecule has 36 heavy (non-hydrogen) atoms. The zero-order valence-electron chi connectivity index (χ0n) is 18.7. The summed E-state index contributed by atoms with van der Waals surface area (Å²) in [5, 5.41) is 3.16. The van der Waals surface area contributed by atoms with Gasteiger partial charge in [-0.25, -0.2) is 8.42 Å². The number of anilines is 2. The molecular formula is C24H19F3N4O4S. The molecule has 1 aromatic heterocycles. The van der Waals surface area contributed by atoms with Gasteiger partial charge in [0.15, 0.2) is 0 Å². The summed E-state index contributed by atoms with van der Waals surface area (Å²) in [6, 6.07) is 10.8. The van der Waals surface area contributed by atoms with Gasteiger partial charge in [-0.15, -0.1) is 0 Å². The van der Waals surface area contributed by atoms with Gasteiger partial charge < -0.3 is 15.3 Å². The van der Waals surface area contributed by atoms with Gasteiger partial charge in [-0.3, -0.25) is 14.3 Å². The zero-order chi connectivity index (χ0) is 25.8. The number of aromatic nitrogens is 2. The molecule has 12 heteroatoms. The molecule has 2 heterocycles. The van der Waals surface area contributed by atoms with E-state index in [2.05, 4.69) is 20.0 Å². The van der Waals surface area contributed by atoms with Crippen molar-refractivity contribution < 1.29 is 21.6 Å². The lowest BCUT2D eigenvalue weighted by atomic mass is 9.96. The molecule has 5 rings (SSSR count). The Morgan fingerprint density at radius 2 is 1.61 bits per heavy atom. The second-order valence-electron chi connectivity index (χ2n) is 8.48. The average molecular weight is 517 g/mol. The van der Waals surface area contributed by atoms with Gasteiger partial charge >= 0.3 is 17.3 Å². The fourth-order valence-electron chi connectivity index (χ4n) is 4.32. The number of aromatic amines is 2.